The molecule has 3 heteroatoms. The molecule has 0 saturated carbocycles. The number of allylic oxidation sites excluding steroid dienone is 6. The van der Waals surface area contributed by atoms with Crippen molar-refractivity contribution in [3.63, 3.8) is 0 Å². The van der Waals surface area contributed by atoms with Crippen LogP contribution >= 0.6 is 0 Å². The van der Waals surface area contributed by atoms with Crippen LogP contribution in [-0.4, -0.2) is 19.2 Å². The average Bonchev–Trinajstić information content (AvgIpc) is 2.75. The Balaban J connectivity index is 2.03. The van der Waals surface area contributed by atoms with E-state index in [9.17, 15) is 4.79 Å². The van der Waals surface area contributed by atoms with Crippen molar-refractivity contribution in [1.82, 2.24) is 0 Å². The van der Waals surface area contributed by atoms with E-state index in [-0.39, 0.29) is 5.97 Å². The first kappa shape index (κ1) is 24.9. The standard InChI is InChI=1S/C26H38O3/c1-3-4-5-6-7-8-9-10-11-12-13-14-15-19-22-25(28-2)26(27)29-23-24-20-17-16-18-21-24/h4-5,7-8,10-11,16-18,20-21,25H,3,6,9,12-15,19,22-23H2,1-2H3/b5-4-,8-7-,11-10-. The predicted octanol–water partition coefficient (Wildman–Crippen LogP) is 6.94. The summed E-state index contributed by atoms with van der Waals surface area (Å²) >= 11 is 0. The highest BCUT2D eigenvalue weighted by Crippen LogP contribution is 2.12. The zero-order chi connectivity index (χ0) is 21.0. The molecule has 0 amide bonds. The lowest BCUT2D eigenvalue weighted by Gasteiger charge is -2.14. The quantitative estimate of drug-likeness (QED) is 0.172. The van der Waals surface area contributed by atoms with Crippen molar-refractivity contribution >= 4 is 5.97 Å². The number of methoxy groups -OCH3 is 1. The molecule has 0 bridgehead atoms. The SMILES string of the molecule is CC/C=C\C/C=C\C/C=C\CCCCCCC(OC)C(=O)OCc1ccccc1. The van der Waals surface area contributed by atoms with Crippen molar-refractivity contribution in [1.29, 1.82) is 0 Å². The van der Waals surface area contributed by atoms with Crippen LogP contribution in [0.5, 0.6) is 0 Å². The van der Waals surface area contributed by atoms with E-state index >= 15 is 0 Å². The van der Waals surface area contributed by atoms with Gasteiger partial charge in [-0.2, -0.15) is 0 Å². The first-order valence-corrected chi connectivity index (χ1v) is 11.0. The summed E-state index contributed by atoms with van der Waals surface area (Å²) in [5.41, 5.74) is 0.993. The molecule has 0 spiro atoms. The van der Waals surface area contributed by atoms with Crippen molar-refractivity contribution in [2.24, 2.45) is 0 Å². The molecule has 1 aromatic carbocycles. The summed E-state index contributed by atoms with van der Waals surface area (Å²) in [7, 11) is 1.58. The van der Waals surface area contributed by atoms with Gasteiger partial charge in [0.05, 0.1) is 0 Å². The van der Waals surface area contributed by atoms with Crippen LogP contribution in [-0.2, 0) is 20.9 Å². The van der Waals surface area contributed by atoms with E-state index in [0.717, 1.165) is 50.5 Å². The number of rotatable bonds is 16. The lowest BCUT2D eigenvalue weighted by atomic mass is 10.1. The summed E-state index contributed by atoms with van der Waals surface area (Å²) in [4.78, 5) is 12.1. The Morgan fingerprint density at radius 1 is 0.897 bits per heavy atom. The molecule has 0 radical (unpaired) electrons. The average molecular weight is 399 g/mol. The summed E-state index contributed by atoms with van der Waals surface area (Å²) < 4.78 is 10.7. The monoisotopic (exact) mass is 398 g/mol. The Hall–Kier alpha value is -2.13. The van der Waals surface area contributed by atoms with E-state index in [4.69, 9.17) is 9.47 Å². The van der Waals surface area contributed by atoms with Gasteiger partial charge in [-0.05, 0) is 44.1 Å². The maximum atomic E-state index is 12.1. The minimum absolute atomic E-state index is 0.266. The van der Waals surface area contributed by atoms with Crippen molar-refractivity contribution in [3.8, 4) is 0 Å². The van der Waals surface area contributed by atoms with Gasteiger partial charge in [-0.25, -0.2) is 4.79 Å². The molecule has 0 aliphatic rings. The Morgan fingerprint density at radius 3 is 2.24 bits per heavy atom. The van der Waals surface area contributed by atoms with Crippen LogP contribution in [0.25, 0.3) is 0 Å². The number of hydrogen-bond donors (Lipinski definition) is 0. The van der Waals surface area contributed by atoms with Crippen LogP contribution in [0.3, 0.4) is 0 Å². The molecule has 0 aromatic heterocycles. The number of unbranched alkanes of at least 4 members (excludes halogenated alkanes) is 4. The molecule has 1 rings (SSSR count). The van der Waals surface area contributed by atoms with Crippen LogP contribution in [0.15, 0.2) is 66.8 Å². The highest BCUT2D eigenvalue weighted by molar-refractivity contribution is 5.74. The van der Waals surface area contributed by atoms with Crippen molar-refractivity contribution in [2.75, 3.05) is 7.11 Å². The highest BCUT2D eigenvalue weighted by Gasteiger charge is 2.18. The number of benzene rings is 1. The van der Waals surface area contributed by atoms with Gasteiger partial charge in [-0.3, -0.25) is 0 Å². The van der Waals surface area contributed by atoms with E-state index in [1.165, 1.54) is 12.8 Å². The second-order valence-corrected chi connectivity index (χ2v) is 7.10. The molecule has 160 valence electrons. The van der Waals surface area contributed by atoms with Crippen molar-refractivity contribution in [2.45, 2.75) is 77.4 Å². The minimum Gasteiger partial charge on any atom is -0.459 e. The van der Waals surface area contributed by atoms with Crippen LogP contribution in [0.1, 0.15) is 70.3 Å². The van der Waals surface area contributed by atoms with E-state index in [1.54, 1.807) is 7.11 Å². The Bertz CT molecular complexity index is 602. The number of hydrogen-bond acceptors (Lipinski definition) is 3. The van der Waals surface area contributed by atoms with E-state index < -0.39 is 6.10 Å². The zero-order valence-electron chi connectivity index (χ0n) is 18.2. The third-order valence-electron chi connectivity index (χ3n) is 4.64. The van der Waals surface area contributed by atoms with Crippen LogP contribution < -0.4 is 0 Å². The smallest absolute Gasteiger partial charge is 0.335 e. The fourth-order valence-electron chi connectivity index (χ4n) is 2.93. The number of carbonyl (C=O) groups excluding carboxylic acids is 1. The van der Waals surface area contributed by atoms with Gasteiger partial charge in [0.1, 0.15) is 6.61 Å². The van der Waals surface area contributed by atoms with Gasteiger partial charge in [0.25, 0.3) is 0 Å². The molecule has 0 saturated heterocycles. The molecule has 1 unspecified atom stereocenters. The molecule has 0 heterocycles. The second-order valence-electron chi connectivity index (χ2n) is 7.10. The first-order valence-electron chi connectivity index (χ1n) is 11.0. The molecule has 0 aliphatic heterocycles. The predicted molar refractivity (Wildman–Crippen MR) is 122 cm³/mol. The van der Waals surface area contributed by atoms with Gasteiger partial charge in [0.15, 0.2) is 6.10 Å². The van der Waals surface area contributed by atoms with Gasteiger partial charge < -0.3 is 9.47 Å². The number of carbonyl (C=O) groups is 1. The van der Waals surface area contributed by atoms with Crippen LogP contribution in [0.2, 0.25) is 0 Å². The molecule has 0 aliphatic carbocycles. The second kappa shape index (κ2) is 17.9. The van der Waals surface area contributed by atoms with Gasteiger partial charge >= 0.3 is 5.97 Å². The molecule has 0 fully saturated rings. The van der Waals surface area contributed by atoms with Gasteiger partial charge in [-0.15, -0.1) is 0 Å². The van der Waals surface area contributed by atoms with Gasteiger partial charge in [0, 0.05) is 7.11 Å². The summed E-state index contributed by atoms with van der Waals surface area (Å²) in [5, 5.41) is 0. The molecule has 1 atom stereocenters. The Morgan fingerprint density at radius 2 is 1.55 bits per heavy atom. The zero-order valence-corrected chi connectivity index (χ0v) is 18.2. The molecular formula is C26H38O3. The van der Waals surface area contributed by atoms with E-state index in [2.05, 4.69) is 43.4 Å². The van der Waals surface area contributed by atoms with Crippen molar-refractivity contribution < 1.29 is 14.3 Å². The summed E-state index contributed by atoms with van der Waals surface area (Å²) in [6.45, 7) is 2.45. The fraction of sp³-hybridized carbons (Fsp3) is 0.500. The van der Waals surface area contributed by atoms with Gasteiger partial charge in [-0.1, -0.05) is 93.0 Å². The maximum absolute atomic E-state index is 12.1. The third-order valence-corrected chi connectivity index (χ3v) is 4.64. The minimum atomic E-state index is -0.461. The fourth-order valence-corrected chi connectivity index (χ4v) is 2.93. The van der Waals surface area contributed by atoms with Gasteiger partial charge in [0.2, 0.25) is 0 Å². The van der Waals surface area contributed by atoms with Crippen LogP contribution in [0, 0.1) is 0 Å². The summed E-state index contributed by atoms with van der Waals surface area (Å²) in [6.07, 6.45) is 22.3. The Labute approximate surface area is 177 Å². The highest BCUT2D eigenvalue weighted by atomic mass is 16.6. The third kappa shape index (κ3) is 13.6. The largest absolute Gasteiger partial charge is 0.459 e. The van der Waals surface area contributed by atoms with E-state index in [1.807, 2.05) is 30.3 Å². The lowest BCUT2D eigenvalue weighted by Crippen LogP contribution is -2.25. The number of esters is 1. The summed E-state index contributed by atoms with van der Waals surface area (Å²) in [6, 6.07) is 9.73. The molecule has 0 N–H and O–H groups in total. The number of ether oxygens (including phenoxy) is 2. The first-order chi connectivity index (χ1) is 14.3. The van der Waals surface area contributed by atoms with Crippen LogP contribution in [0.4, 0.5) is 0 Å². The molecule has 29 heavy (non-hydrogen) atoms. The summed E-state index contributed by atoms with van der Waals surface area (Å²) in [5.74, 6) is -0.266. The Kier molecular flexibility index (Phi) is 15.4. The molecule has 3 nitrogen and oxygen atoms in total. The molecular weight excluding hydrogens is 360 g/mol. The van der Waals surface area contributed by atoms with E-state index in [0.29, 0.717) is 6.61 Å². The maximum Gasteiger partial charge on any atom is 0.335 e. The topological polar surface area (TPSA) is 35.5 Å². The van der Waals surface area contributed by atoms with Crippen molar-refractivity contribution in [3.05, 3.63) is 72.4 Å². The molecule has 1 aromatic rings. The normalized spacial score (nSPS) is 12.9. The lowest BCUT2D eigenvalue weighted by molar-refractivity contribution is -0.157.